The standard InChI is InChI=1S/C13H23N3O2/c1-5-8-14-12(17)7-9-15-13(18)16-11(6-2)10(3)4/h2,10-11H,5,7-9H2,1,3-4H3,(H,14,17)(H2,15,16,18)/t11-/m0/s1. The Morgan fingerprint density at radius 1 is 1.22 bits per heavy atom. The second-order valence-electron chi connectivity index (χ2n) is 4.39. The number of hydrogen-bond donors (Lipinski definition) is 3. The van der Waals surface area contributed by atoms with E-state index in [1.165, 1.54) is 0 Å². The zero-order valence-electron chi connectivity index (χ0n) is 11.4. The van der Waals surface area contributed by atoms with E-state index in [2.05, 4.69) is 21.9 Å². The Hall–Kier alpha value is -1.70. The molecule has 0 saturated heterocycles. The summed E-state index contributed by atoms with van der Waals surface area (Å²) in [4.78, 5) is 22.7. The third-order valence-electron chi connectivity index (χ3n) is 2.34. The van der Waals surface area contributed by atoms with Gasteiger partial charge in [-0.1, -0.05) is 26.7 Å². The molecule has 0 aromatic rings. The first-order valence-electron chi connectivity index (χ1n) is 6.28. The van der Waals surface area contributed by atoms with Crippen LogP contribution >= 0.6 is 0 Å². The minimum absolute atomic E-state index is 0.0606. The van der Waals surface area contributed by atoms with E-state index in [-0.39, 0.29) is 30.3 Å². The molecular weight excluding hydrogens is 230 g/mol. The maximum absolute atomic E-state index is 11.5. The Morgan fingerprint density at radius 3 is 2.39 bits per heavy atom. The first-order valence-corrected chi connectivity index (χ1v) is 6.28. The van der Waals surface area contributed by atoms with Crippen molar-refractivity contribution in [3.63, 3.8) is 0 Å². The van der Waals surface area contributed by atoms with Crippen LogP contribution in [0.2, 0.25) is 0 Å². The summed E-state index contributed by atoms with van der Waals surface area (Å²) < 4.78 is 0. The van der Waals surface area contributed by atoms with E-state index in [1.54, 1.807) is 0 Å². The van der Waals surface area contributed by atoms with Gasteiger partial charge in [0, 0.05) is 19.5 Å². The lowest BCUT2D eigenvalue weighted by atomic mass is 10.1. The maximum Gasteiger partial charge on any atom is 0.315 e. The highest BCUT2D eigenvalue weighted by Gasteiger charge is 2.12. The van der Waals surface area contributed by atoms with Crippen LogP contribution in [0.5, 0.6) is 0 Å². The fourth-order valence-electron chi connectivity index (χ4n) is 1.24. The molecule has 0 aliphatic rings. The number of hydrogen-bond acceptors (Lipinski definition) is 2. The van der Waals surface area contributed by atoms with E-state index in [9.17, 15) is 9.59 Å². The summed E-state index contributed by atoms with van der Waals surface area (Å²) >= 11 is 0. The van der Waals surface area contributed by atoms with Gasteiger partial charge in [0.2, 0.25) is 5.91 Å². The molecule has 3 N–H and O–H groups in total. The molecule has 0 rings (SSSR count). The molecule has 18 heavy (non-hydrogen) atoms. The van der Waals surface area contributed by atoms with Gasteiger partial charge in [0.15, 0.2) is 0 Å². The van der Waals surface area contributed by atoms with Crippen LogP contribution in [-0.4, -0.2) is 31.1 Å². The predicted octanol–water partition coefficient (Wildman–Crippen LogP) is 0.860. The van der Waals surface area contributed by atoms with Crippen LogP contribution in [-0.2, 0) is 4.79 Å². The van der Waals surface area contributed by atoms with Crippen LogP contribution in [0.15, 0.2) is 0 Å². The smallest absolute Gasteiger partial charge is 0.315 e. The molecule has 0 fully saturated rings. The third kappa shape index (κ3) is 7.55. The highest BCUT2D eigenvalue weighted by atomic mass is 16.2. The van der Waals surface area contributed by atoms with E-state index in [1.807, 2.05) is 20.8 Å². The van der Waals surface area contributed by atoms with Crippen molar-refractivity contribution in [3.8, 4) is 12.3 Å². The van der Waals surface area contributed by atoms with Crippen molar-refractivity contribution in [2.24, 2.45) is 5.92 Å². The second kappa shape index (κ2) is 9.34. The molecule has 0 bridgehead atoms. The van der Waals surface area contributed by atoms with Gasteiger partial charge in [-0.3, -0.25) is 4.79 Å². The van der Waals surface area contributed by atoms with Crippen molar-refractivity contribution in [2.45, 2.75) is 39.7 Å². The molecule has 0 heterocycles. The molecule has 5 heteroatoms. The quantitative estimate of drug-likeness (QED) is 0.589. The van der Waals surface area contributed by atoms with Crippen molar-refractivity contribution in [2.75, 3.05) is 13.1 Å². The van der Waals surface area contributed by atoms with Crippen LogP contribution in [0, 0.1) is 18.3 Å². The van der Waals surface area contributed by atoms with Crippen LogP contribution in [0.4, 0.5) is 4.79 Å². The molecule has 102 valence electrons. The van der Waals surface area contributed by atoms with Gasteiger partial charge in [0.1, 0.15) is 0 Å². The fourth-order valence-corrected chi connectivity index (χ4v) is 1.24. The largest absolute Gasteiger partial charge is 0.356 e. The monoisotopic (exact) mass is 253 g/mol. The van der Waals surface area contributed by atoms with Gasteiger partial charge in [-0.15, -0.1) is 6.42 Å². The van der Waals surface area contributed by atoms with Crippen molar-refractivity contribution < 1.29 is 9.59 Å². The molecule has 5 nitrogen and oxygen atoms in total. The number of nitrogens with one attached hydrogen (secondary N) is 3. The molecule has 0 saturated carbocycles. The van der Waals surface area contributed by atoms with E-state index in [0.717, 1.165) is 6.42 Å². The van der Waals surface area contributed by atoms with E-state index < -0.39 is 0 Å². The molecular formula is C13H23N3O2. The first-order chi connectivity index (χ1) is 8.51. The second-order valence-corrected chi connectivity index (χ2v) is 4.39. The Morgan fingerprint density at radius 2 is 1.89 bits per heavy atom. The van der Waals surface area contributed by atoms with Gasteiger partial charge in [-0.2, -0.15) is 0 Å². The Balaban J connectivity index is 3.78. The summed E-state index contributed by atoms with van der Waals surface area (Å²) in [6, 6.07) is -0.631. The van der Waals surface area contributed by atoms with Gasteiger partial charge in [0.25, 0.3) is 0 Å². The Bertz CT molecular complexity index is 308. The summed E-state index contributed by atoms with van der Waals surface area (Å²) in [5.74, 6) is 2.62. The van der Waals surface area contributed by atoms with Crippen molar-refractivity contribution in [1.29, 1.82) is 0 Å². The maximum atomic E-state index is 11.5. The van der Waals surface area contributed by atoms with Gasteiger partial charge in [0.05, 0.1) is 6.04 Å². The topological polar surface area (TPSA) is 70.2 Å². The molecule has 0 aliphatic carbocycles. The average Bonchev–Trinajstić information content (AvgIpc) is 2.33. The minimum Gasteiger partial charge on any atom is -0.356 e. The highest BCUT2D eigenvalue weighted by molar-refractivity contribution is 5.78. The lowest BCUT2D eigenvalue weighted by Gasteiger charge is -2.16. The SMILES string of the molecule is C#C[C@H](NC(=O)NCCC(=O)NCCC)C(C)C. The lowest BCUT2D eigenvalue weighted by Crippen LogP contribution is -2.44. The van der Waals surface area contributed by atoms with Gasteiger partial charge in [-0.25, -0.2) is 4.79 Å². The highest BCUT2D eigenvalue weighted by Crippen LogP contribution is 1.98. The number of rotatable bonds is 7. The van der Waals surface area contributed by atoms with Gasteiger partial charge >= 0.3 is 6.03 Å². The molecule has 0 radical (unpaired) electrons. The third-order valence-corrected chi connectivity index (χ3v) is 2.34. The predicted molar refractivity (Wildman–Crippen MR) is 71.9 cm³/mol. The molecule has 0 unspecified atom stereocenters. The van der Waals surface area contributed by atoms with Crippen LogP contribution in [0.25, 0.3) is 0 Å². The van der Waals surface area contributed by atoms with Crippen LogP contribution in [0.1, 0.15) is 33.6 Å². The normalized spacial score (nSPS) is 11.5. The number of carbonyl (C=O) groups excluding carboxylic acids is 2. The summed E-state index contributed by atoms with van der Waals surface area (Å²) in [5.41, 5.74) is 0. The van der Waals surface area contributed by atoms with Crippen molar-refractivity contribution in [3.05, 3.63) is 0 Å². The lowest BCUT2D eigenvalue weighted by molar-refractivity contribution is -0.120. The van der Waals surface area contributed by atoms with E-state index in [4.69, 9.17) is 6.42 Å². The summed E-state index contributed by atoms with van der Waals surface area (Å²) in [6.07, 6.45) is 6.47. The van der Waals surface area contributed by atoms with Crippen molar-refractivity contribution in [1.82, 2.24) is 16.0 Å². The fraction of sp³-hybridized carbons (Fsp3) is 0.692. The van der Waals surface area contributed by atoms with Crippen LogP contribution in [0.3, 0.4) is 0 Å². The van der Waals surface area contributed by atoms with E-state index >= 15 is 0 Å². The molecule has 0 spiro atoms. The molecule has 3 amide bonds. The van der Waals surface area contributed by atoms with E-state index in [0.29, 0.717) is 13.1 Å². The summed E-state index contributed by atoms with van der Waals surface area (Å²) in [5, 5.41) is 8.00. The Kier molecular flexibility index (Phi) is 8.46. The molecule has 0 aromatic carbocycles. The first kappa shape index (κ1) is 16.3. The number of urea groups is 1. The summed E-state index contributed by atoms with van der Waals surface area (Å²) in [6.45, 7) is 6.82. The number of amides is 3. The zero-order chi connectivity index (χ0) is 14.0. The van der Waals surface area contributed by atoms with Gasteiger partial charge < -0.3 is 16.0 Å². The number of terminal acetylenes is 1. The number of carbonyl (C=O) groups is 2. The van der Waals surface area contributed by atoms with Gasteiger partial charge in [-0.05, 0) is 12.3 Å². The van der Waals surface area contributed by atoms with Crippen LogP contribution < -0.4 is 16.0 Å². The van der Waals surface area contributed by atoms with Crippen molar-refractivity contribution >= 4 is 11.9 Å². The molecule has 0 aliphatic heterocycles. The molecule has 0 aromatic heterocycles. The zero-order valence-corrected chi connectivity index (χ0v) is 11.4. The average molecular weight is 253 g/mol. The Labute approximate surface area is 109 Å². The summed E-state index contributed by atoms with van der Waals surface area (Å²) in [7, 11) is 0. The molecule has 1 atom stereocenters. The minimum atomic E-state index is -0.338.